The molecule has 0 saturated carbocycles. The summed E-state index contributed by atoms with van der Waals surface area (Å²) in [5, 5.41) is 4.61. The molecule has 0 unspecified atom stereocenters. The monoisotopic (exact) mass is 149 g/mol. The Labute approximate surface area is 83.5 Å². The molecule has 0 aromatic heterocycles. The normalized spacial score (nSPS) is 10.9. The van der Waals surface area contributed by atoms with E-state index in [1.54, 1.807) is 0 Å². The van der Waals surface area contributed by atoms with Gasteiger partial charge < -0.3 is 5.32 Å². The molecule has 0 rings (SSSR count). The van der Waals surface area contributed by atoms with Gasteiger partial charge in [-0.2, -0.15) is 6.54 Å². The van der Waals surface area contributed by atoms with Crippen molar-refractivity contribution in [2.45, 2.75) is 52.5 Å². The first-order chi connectivity index (χ1) is 4.74. The van der Waals surface area contributed by atoms with E-state index in [0.29, 0.717) is 5.54 Å². The summed E-state index contributed by atoms with van der Waals surface area (Å²) in [4.78, 5) is 0. The van der Waals surface area contributed by atoms with Gasteiger partial charge in [-0.25, -0.2) is 0 Å². The molecule has 0 aromatic rings. The summed E-state index contributed by atoms with van der Waals surface area (Å²) in [5.74, 6) is 0. The Morgan fingerprint density at radius 1 is 0.909 bits per heavy atom. The quantitative estimate of drug-likeness (QED) is 0.501. The molecule has 0 saturated heterocycles. The third-order valence-electron chi connectivity index (χ3n) is 2.47. The molecule has 0 aliphatic carbocycles. The average Bonchev–Trinajstić information content (AvgIpc) is 2.01. The van der Waals surface area contributed by atoms with Gasteiger partial charge in [0.05, 0.1) is 0 Å². The van der Waals surface area contributed by atoms with Gasteiger partial charge in [-0.15, -0.1) is 5.54 Å². The third kappa shape index (κ3) is 4.21. The summed E-state index contributed by atoms with van der Waals surface area (Å²) >= 11 is 0. The van der Waals surface area contributed by atoms with Crippen LogP contribution in [0.2, 0.25) is 0 Å². The summed E-state index contributed by atoms with van der Waals surface area (Å²) in [5.41, 5.74) is 0.300. The Kier molecular flexibility index (Phi) is 9.26. The van der Waals surface area contributed by atoms with E-state index < -0.39 is 0 Å². The van der Waals surface area contributed by atoms with Crippen LogP contribution in [0.3, 0.4) is 0 Å². The van der Waals surface area contributed by atoms with Gasteiger partial charge in [-0.3, -0.25) is 0 Å². The summed E-state index contributed by atoms with van der Waals surface area (Å²) in [6.07, 6.45) is 3.57. The molecular weight excluding hydrogens is 129 g/mol. The molecule has 0 spiro atoms. The third-order valence-corrected chi connectivity index (χ3v) is 2.47. The average molecular weight is 149 g/mol. The van der Waals surface area contributed by atoms with Crippen molar-refractivity contribution in [3.63, 3.8) is 0 Å². The van der Waals surface area contributed by atoms with E-state index >= 15 is 0 Å². The first kappa shape index (κ1) is 14.1. The van der Waals surface area contributed by atoms with E-state index in [-0.39, 0.29) is 18.9 Å². The zero-order valence-corrected chi connectivity index (χ0v) is 8.78. The summed E-state index contributed by atoms with van der Waals surface area (Å²) in [6.45, 7) is 9.77. The van der Waals surface area contributed by atoms with E-state index in [1.807, 2.05) is 0 Å². The van der Waals surface area contributed by atoms with Gasteiger partial charge in [-0.05, 0) is 0 Å². The molecule has 0 N–H and O–H groups in total. The van der Waals surface area contributed by atoms with Crippen molar-refractivity contribution in [3.05, 3.63) is 5.32 Å². The Bertz CT molecular complexity index is 71.4. The molecule has 0 aliphatic rings. The summed E-state index contributed by atoms with van der Waals surface area (Å²) in [7, 11) is 0. The zero-order chi connectivity index (χ0) is 8.04. The second kappa shape index (κ2) is 7.22. The van der Waals surface area contributed by atoms with E-state index in [1.165, 1.54) is 19.3 Å². The molecule has 62 valence electrons. The topological polar surface area (TPSA) is 14.1 Å². The van der Waals surface area contributed by atoms with Crippen LogP contribution in [0, 0.1) is 0 Å². The minimum absolute atomic E-state index is 0. The molecular formula is C9H20LiN. The molecule has 0 bridgehead atoms. The van der Waals surface area contributed by atoms with Crippen LogP contribution < -0.4 is 18.9 Å². The van der Waals surface area contributed by atoms with Crippen molar-refractivity contribution in [1.29, 1.82) is 0 Å². The Hall–Kier alpha value is 0.557. The molecule has 0 radical (unpaired) electrons. The standard InChI is InChI=1S/C9H20N.Li/c1-5-9(6-2,7-3)10-8-4;/h5-8H2,1-4H3;/q-1;+1. The van der Waals surface area contributed by atoms with Gasteiger partial charge >= 0.3 is 18.9 Å². The van der Waals surface area contributed by atoms with Crippen molar-refractivity contribution >= 4 is 0 Å². The van der Waals surface area contributed by atoms with E-state index in [9.17, 15) is 0 Å². The van der Waals surface area contributed by atoms with Crippen LogP contribution in [0.1, 0.15) is 47.0 Å². The number of hydrogen-bond acceptors (Lipinski definition) is 0. The Morgan fingerprint density at radius 2 is 1.27 bits per heavy atom. The van der Waals surface area contributed by atoms with Gasteiger partial charge in [0, 0.05) is 0 Å². The SMILES string of the molecule is CC[N-]C(CC)(CC)CC.[Li+]. The first-order valence-electron chi connectivity index (χ1n) is 4.43. The largest absolute Gasteiger partial charge is 1.00 e. The van der Waals surface area contributed by atoms with E-state index in [2.05, 4.69) is 33.0 Å². The molecule has 0 amide bonds. The van der Waals surface area contributed by atoms with Gasteiger partial charge in [0.2, 0.25) is 0 Å². The smallest absolute Gasteiger partial charge is 0.657 e. The molecule has 0 aliphatic heterocycles. The minimum atomic E-state index is 0. The second-order valence-electron chi connectivity index (χ2n) is 2.76. The molecule has 0 heterocycles. The summed E-state index contributed by atoms with van der Waals surface area (Å²) in [6, 6.07) is 0. The minimum Gasteiger partial charge on any atom is -0.657 e. The fourth-order valence-electron chi connectivity index (χ4n) is 1.42. The fraction of sp³-hybridized carbons (Fsp3) is 1.00. The second-order valence-corrected chi connectivity index (χ2v) is 2.76. The van der Waals surface area contributed by atoms with Crippen LogP contribution in [-0.2, 0) is 0 Å². The number of hydrogen-bond donors (Lipinski definition) is 0. The van der Waals surface area contributed by atoms with Crippen molar-refractivity contribution in [2.75, 3.05) is 6.54 Å². The van der Waals surface area contributed by atoms with Crippen LogP contribution in [-0.4, -0.2) is 12.1 Å². The van der Waals surface area contributed by atoms with Gasteiger partial charge in [0.1, 0.15) is 0 Å². The molecule has 0 fully saturated rings. The molecule has 0 aromatic carbocycles. The number of rotatable bonds is 5. The van der Waals surface area contributed by atoms with Crippen LogP contribution in [0.25, 0.3) is 5.32 Å². The maximum absolute atomic E-state index is 4.61. The predicted octanol–water partition coefficient (Wildman–Crippen LogP) is 0.353. The van der Waals surface area contributed by atoms with E-state index in [0.717, 1.165) is 6.54 Å². The zero-order valence-electron chi connectivity index (χ0n) is 8.78. The van der Waals surface area contributed by atoms with Gasteiger partial charge in [0.25, 0.3) is 0 Å². The van der Waals surface area contributed by atoms with E-state index in [4.69, 9.17) is 0 Å². The van der Waals surface area contributed by atoms with Gasteiger partial charge in [-0.1, -0.05) is 47.0 Å². The van der Waals surface area contributed by atoms with Crippen LogP contribution >= 0.6 is 0 Å². The fourth-order valence-corrected chi connectivity index (χ4v) is 1.42. The number of nitrogens with zero attached hydrogens (tertiary/aromatic N) is 1. The Morgan fingerprint density at radius 3 is 1.36 bits per heavy atom. The first-order valence-corrected chi connectivity index (χ1v) is 4.43. The Balaban J connectivity index is 0. The van der Waals surface area contributed by atoms with Crippen LogP contribution in [0.15, 0.2) is 0 Å². The molecule has 1 nitrogen and oxygen atoms in total. The molecule has 2 heteroatoms. The maximum Gasteiger partial charge on any atom is 1.00 e. The van der Waals surface area contributed by atoms with Crippen molar-refractivity contribution in [1.82, 2.24) is 0 Å². The molecule has 11 heavy (non-hydrogen) atoms. The summed E-state index contributed by atoms with van der Waals surface area (Å²) < 4.78 is 0. The van der Waals surface area contributed by atoms with Gasteiger partial charge in [0.15, 0.2) is 0 Å². The van der Waals surface area contributed by atoms with Crippen molar-refractivity contribution in [3.8, 4) is 0 Å². The van der Waals surface area contributed by atoms with Crippen LogP contribution in [0.5, 0.6) is 0 Å². The van der Waals surface area contributed by atoms with Crippen LogP contribution in [0.4, 0.5) is 0 Å². The van der Waals surface area contributed by atoms with Crippen molar-refractivity contribution in [2.24, 2.45) is 0 Å². The molecule has 0 atom stereocenters. The maximum atomic E-state index is 4.61. The predicted molar refractivity (Wildman–Crippen MR) is 47.5 cm³/mol. The van der Waals surface area contributed by atoms with Crippen molar-refractivity contribution < 1.29 is 18.9 Å².